The summed E-state index contributed by atoms with van der Waals surface area (Å²) in [6, 6.07) is 0. The van der Waals surface area contributed by atoms with Crippen LogP contribution in [0.2, 0.25) is 0 Å². The predicted octanol–water partition coefficient (Wildman–Crippen LogP) is 2.44. The third kappa shape index (κ3) is 1.79. The Morgan fingerprint density at radius 3 is 2.36 bits per heavy atom. The van der Waals surface area contributed by atoms with Gasteiger partial charge < -0.3 is 4.90 Å². The lowest BCUT2D eigenvalue weighted by molar-refractivity contribution is -0.131. The first-order chi connectivity index (χ1) is 6.61. The third-order valence-electron chi connectivity index (χ3n) is 4.22. The largest absolute Gasteiger partial charge is 0.343 e. The summed E-state index contributed by atoms with van der Waals surface area (Å²) in [6.45, 7) is 6.06. The van der Waals surface area contributed by atoms with Crippen molar-refractivity contribution in [3.8, 4) is 0 Å². The number of hydrogen-bond acceptors (Lipinski definition) is 1. The van der Waals surface area contributed by atoms with E-state index in [0.717, 1.165) is 19.0 Å². The topological polar surface area (TPSA) is 20.3 Å². The van der Waals surface area contributed by atoms with Crippen LogP contribution in [0.5, 0.6) is 0 Å². The lowest BCUT2D eigenvalue weighted by Gasteiger charge is -2.39. The van der Waals surface area contributed by atoms with E-state index in [0.29, 0.717) is 5.41 Å². The molecule has 0 aromatic heterocycles. The van der Waals surface area contributed by atoms with Crippen LogP contribution in [0.3, 0.4) is 0 Å². The Balaban J connectivity index is 1.92. The number of nitrogens with zero attached hydrogens (tertiary/aromatic N) is 1. The molecule has 14 heavy (non-hydrogen) atoms. The highest BCUT2D eigenvalue weighted by Crippen LogP contribution is 2.48. The van der Waals surface area contributed by atoms with Crippen LogP contribution >= 0.6 is 0 Å². The zero-order valence-corrected chi connectivity index (χ0v) is 9.38. The van der Waals surface area contributed by atoms with Gasteiger partial charge in [-0.05, 0) is 37.0 Å². The van der Waals surface area contributed by atoms with Crippen molar-refractivity contribution in [2.75, 3.05) is 13.1 Å². The summed E-state index contributed by atoms with van der Waals surface area (Å²) < 4.78 is 0. The van der Waals surface area contributed by atoms with Crippen molar-refractivity contribution in [1.29, 1.82) is 0 Å². The summed E-state index contributed by atoms with van der Waals surface area (Å²) in [7, 11) is 0. The second kappa shape index (κ2) is 3.56. The van der Waals surface area contributed by atoms with Crippen molar-refractivity contribution in [2.45, 2.75) is 46.0 Å². The lowest BCUT2D eigenvalue weighted by atomic mass is 9.76. The first kappa shape index (κ1) is 10.0. The number of amides is 1. The van der Waals surface area contributed by atoms with E-state index < -0.39 is 0 Å². The van der Waals surface area contributed by atoms with Crippen molar-refractivity contribution < 1.29 is 4.79 Å². The van der Waals surface area contributed by atoms with Gasteiger partial charge in [0.05, 0.1) is 0 Å². The number of carbonyl (C=O) groups is 1. The Bertz CT molecular complexity index is 228. The molecule has 1 heterocycles. The van der Waals surface area contributed by atoms with Crippen LogP contribution in [0.15, 0.2) is 0 Å². The predicted molar refractivity (Wildman–Crippen MR) is 56.9 cm³/mol. The molecule has 1 aliphatic heterocycles. The SMILES string of the molecule is CC(=O)N1CCC2(CCC(C)C2)CC1. The van der Waals surface area contributed by atoms with E-state index in [9.17, 15) is 4.79 Å². The maximum atomic E-state index is 11.2. The van der Waals surface area contributed by atoms with Crippen LogP contribution in [0.1, 0.15) is 46.0 Å². The fourth-order valence-corrected chi connectivity index (χ4v) is 3.25. The van der Waals surface area contributed by atoms with E-state index in [1.165, 1.54) is 32.1 Å². The van der Waals surface area contributed by atoms with Gasteiger partial charge in [-0.3, -0.25) is 4.79 Å². The molecule has 1 saturated heterocycles. The number of carbonyl (C=O) groups excluding carboxylic acids is 1. The number of piperidine rings is 1. The minimum atomic E-state index is 0.255. The molecule has 2 aliphatic rings. The van der Waals surface area contributed by atoms with Crippen molar-refractivity contribution in [2.24, 2.45) is 11.3 Å². The van der Waals surface area contributed by atoms with Crippen molar-refractivity contribution in [3.63, 3.8) is 0 Å². The van der Waals surface area contributed by atoms with Gasteiger partial charge in [0, 0.05) is 20.0 Å². The van der Waals surface area contributed by atoms with Gasteiger partial charge in [0.1, 0.15) is 0 Å². The lowest BCUT2D eigenvalue weighted by Crippen LogP contribution is -2.41. The molecule has 1 amide bonds. The number of rotatable bonds is 0. The van der Waals surface area contributed by atoms with Crippen LogP contribution in [0.4, 0.5) is 0 Å². The minimum absolute atomic E-state index is 0.255. The standard InChI is InChI=1S/C12H21NO/c1-10-3-4-12(9-10)5-7-13(8-6-12)11(2)14/h10H,3-9H2,1-2H3. The molecular weight excluding hydrogens is 174 g/mol. The molecule has 1 spiro atoms. The molecule has 1 unspecified atom stereocenters. The Kier molecular flexibility index (Phi) is 2.54. The van der Waals surface area contributed by atoms with E-state index in [-0.39, 0.29) is 5.91 Å². The Labute approximate surface area is 86.7 Å². The van der Waals surface area contributed by atoms with Crippen LogP contribution in [-0.4, -0.2) is 23.9 Å². The van der Waals surface area contributed by atoms with E-state index >= 15 is 0 Å². The second-order valence-corrected chi connectivity index (χ2v) is 5.35. The summed E-state index contributed by atoms with van der Waals surface area (Å²) in [4.78, 5) is 13.2. The zero-order valence-electron chi connectivity index (χ0n) is 9.38. The molecule has 0 bridgehead atoms. The van der Waals surface area contributed by atoms with E-state index in [1.807, 2.05) is 4.90 Å². The Morgan fingerprint density at radius 2 is 1.93 bits per heavy atom. The maximum absolute atomic E-state index is 11.2. The van der Waals surface area contributed by atoms with Gasteiger partial charge in [-0.2, -0.15) is 0 Å². The Morgan fingerprint density at radius 1 is 1.29 bits per heavy atom. The van der Waals surface area contributed by atoms with Crippen LogP contribution < -0.4 is 0 Å². The summed E-state index contributed by atoms with van der Waals surface area (Å²) >= 11 is 0. The molecule has 2 heteroatoms. The van der Waals surface area contributed by atoms with Gasteiger partial charge in [0.15, 0.2) is 0 Å². The summed E-state index contributed by atoms with van der Waals surface area (Å²) in [5.74, 6) is 1.17. The fraction of sp³-hybridized carbons (Fsp3) is 0.917. The number of likely N-dealkylation sites (tertiary alicyclic amines) is 1. The summed E-state index contributed by atoms with van der Waals surface area (Å²) in [5, 5.41) is 0. The molecule has 2 nitrogen and oxygen atoms in total. The second-order valence-electron chi connectivity index (χ2n) is 5.35. The smallest absolute Gasteiger partial charge is 0.219 e. The molecule has 2 fully saturated rings. The molecule has 0 aromatic rings. The van der Waals surface area contributed by atoms with Crippen molar-refractivity contribution in [1.82, 2.24) is 4.90 Å². The quantitative estimate of drug-likeness (QED) is 0.581. The average molecular weight is 195 g/mol. The van der Waals surface area contributed by atoms with Gasteiger partial charge in [-0.1, -0.05) is 13.3 Å². The monoisotopic (exact) mass is 195 g/mol. The van der Waals surface area contributed by atoms with Crippen molar-refractivity contribution >= 4 is 5.91 Å². The molecule has 0 N–H and O–H groups in total. The fourth-order valence-electron chi connectivity index (χ4n) is 3.25. The van der Waals surface area contributed by atoms with Gasteiger partial charge in [-0.25, -0.2) is 0 Å². The van der Waals surface area contributed by atoms with Crippen molar-refractivity contribution in [3.05, 3.63) is 0 Å². The first-order valence-corrected chi connectivity index (χ1v) is 5.87. The third-order valence-corrected chi connectivity index (χ3v) is 4.22. The van der Waals surface area contributed by atoms with Gasteiger partial charge >= 0.3 is 0 Å². The molecule has 0 aromatic carbocycles. The molecule has 0 radical (unpaired) electrons. The van der Waals surface area contributed by atoms with Gasteiger partial charge in [0.2, 0.25) is 5.91 Å². The first-order valence-electron chi connectivity index (χ1n) is 5.87. The highest BCUT2D eigenvalue weighted by Gasteiger charge is 2.40. The summed E-state index contributed by atoms with van der Waals surface area (Å²) in [6.07, 6.45) is 6.70. The highest BCUT2D eigenvalue weighted by molar-refractivity contribution is 5.73. The maximum Gasteiger partial charge on any atom is 0.219 e. The average Bonchev–Trinajstić information content (AvgIpc) is 2.48. The van der Waals surface area contributed by atoms with E-state index in [4.69, 9.17) is 0 Å². The van der Waals surface area contributed by atoms with Crippen LogP contribution in [-0.2, 0) is 4.79 Å². The number of hydrogen-bond donors (Lipinski definition) is 0. The normalized spacial score (nSPS) is 31.0. The molecule has 1 atom stereocenters. The minimum Gasteiger partial charge on any atom is -0.343 e. The molecule has 80 valence electrons. The van der Waals surface area contributed by atoms with Crippen LogP contribution in [0, 0.1) is 11.3 Å². The Hall–Kier alpha value is -0.530. The zero-order chi connectivity index (χ0) is 10.2. The molecule has 1 aliphatic carbocycles. The van der Waals surface area contributed by atoms with Crippen LogP contribution in [0.25, 0.3) is 0 Å². The van der Waals surface area contributed by atoms with E-state index in [1.54, 1.807) is 6.92 Å². The van der Waals surface area contributed by atoms with E-state index in [2.05, 4.69) is 6.92 Å². The van der Waals surface area contributed by atoms with Gasteiger partial charge in [-0.15, -0.1) is 0 Å². The molecule has 2 rings (SSSR count). The molecular formula is C12H21NO. The highest BCUT2D eigenvalue weighted by atomic mass is 16.2. The summed E-state index contributed by atoms with van der Waals surface area (Å²) in [5.41, 5.74) is 0.616. The molecule has 1 saturated carbocycles. The van der Waals surface area contributed by atoms with Gasteiger partial charge in [0.25, 0.3) is 0 Å².